The molecular weight excluding hydrogens is 250 g/mol. The average Bonchev–Trinajstić information content (AvgIpc) is 2.49. The molecule has 0 bridgehead atoms. The number of nitrogens with one attached hydrogen (secondary N) is 1. The highest BCUT2D eigenvalue weighted by Gasteiger charge is 2.25. The third-order valence-corrected chi connectivity index (χ3v) is 3.57. The highest BCUT2D eigenvalue weighted by atomic mass is 16.5. The van der Waals surface area contributed by atoms with Gasteiger partial charge in [0, 0.05) is 5.69 Å². The zero-order valence-corrected chi connectivity index (χ0v) is 11.4. The molecule has 3 nitrogen and oxygen atoms in total. The quantitative estimate of drug-likeness (QED) is 0.907. The van der Waals surface area contributed by atoms with Crippen molar-refractivity contribution in [3.05, 3.63) is 59.7 Å². The lowest BCUT2D eigenvalue weighted by molar-refractivity contribution is -0.121. The lowest BCUT2D eigenvalue weighted by Crippen LogP contribution is -2.32. The monoisotopic (exact) mass is 267 g/mol. The minimum atomic E-state index is -0.133. The topological polar surface area (TPSA) is 38.3 Å². The van der Waals surface area contributed by atoms with Crippen molar-refractivity contribution < 1.29 is 9.53 Å². The highest BCUT2D eigenvalue weighted by molar-refractivity contribution is 5.93. The minimum absolute atomic E-state index is 0.0170. The molecule has 0 radical (unpaired) electrons. The van der Waals surface area contributed by atoms with E-state index in [0.717, 1.165) is 23.4 Å². The first kappa shape index (κ1) is 12.7. The van der Waals surface area contributed by atoms with Crippen molar-refractivity contribution in [1.82, 2.24) is 0 Å². The van der Waals surface area contributed by atoms with Crippen LogP contribution >= 0.6 is 0 Å². The van der Waals surface area contributed by atoms with Crippen LogP contribution in [0.25, 0.3) is 0 Å². The molecule has 1 aliphatic rings. The molecule has 0 aromatic heterocycles. The van der Waals surface area contributed by atoms with Crippen LogP contribution in [-0.4, -0.2) is 12.5 Å². The maximum absolute atomic E-state index is 12.3. The molecule has 1 aliphatic heterocycles. The van der Waals surface area contributed by atoms with Crippen LogP contribution in [-0.2, 0) is 11.2 Å². The van der Waals surface area contributed by atoms with Gasteiger partial charge in [0.2, 0.25) is 5.91 Å². The lowest BCUT2D eigenvalue weighted by atomic mass is 9.96. The van der Waals surface area contributed by atoms with Gasteiger partial charge in [-0.05, 0) is 37.1 Å². The van der Waals surface area contributed by atoms with E-state index < -0.39 is 0 Å². The summed E-state index contributed by atoms with van der Waals surface area (Å²) in [6.07, 6.45) is 0.730. The fourth-order valence-electron chi connectivity index (χ4n) is 2.38. The molecule has 3 rings (SSSR count). The fourth-order valence-corrected chi connectivity index (χ4v) is 2.38. The molecule has 0 saturated carbocycles. The lowest BCUT2D eigenvalue weighted by Gasteiger charge is -2.24. The Morgan fingerprint density at radius 1 is 1.15 bits per heavy atom. The number of ether oxygens (including phenoxy) is 1. The van der Waals surface area contributed by atoms with E-state index in [1.165, 1.54) is 5.56 Å². The van der Waals surface area contributed by atoms with Gasteiger partial charge in [-0.1, -0.05) is 35.9 Å². The summed E-state index contributed by atoms with van der Waals surface area (Å²) < 4.78 is 5.65. The van der Waals surface area contributed by atoms with E-state index in [1.54, 1.807) is 0 Å². The van der Waals surface area contributed by atoms with Crippen LogP contribution in [0.15, 0.2) is 48.5 Å². The van der Waals surface area contributed by atoms with E-state index in [9.17, 15) is 4.79 Å². The molecule has 1 N–H and O–H groups in total. The summed E-state index contributed by atoms with van der Waals surface area (Å²) in [5, 5.41) is 2.95. The van der Waals surface area contributed by atoms with Gasteiger partial charge in [0.1, 0.15) is 12.4 Å². The molecule has 102 valence electrons. The second kappa shape index (κ2) is 5.37. The third-order valence-electron chi connectivity index (χ3n) is 3.57. The van der Waals surface area contributed by atoms with E-state index in [0.29, 0.717) is 6.61 Å². The minimum Gasteiger partial charge on any atom is -0.492 e. The van der Waals surface area contributed by atoms with Crippen molar-refractivity contribution >= 4 is 11.6 Å². The van der Waals surface area contributed by atoms with Gasteiger partial charge in [-0.2, -0.15) is 0 Å². The van der Waals surface area contributed by atoms with Crippen LogP contribution in [0.4, 0.5) is 5.69 Å². The van der Waals surface area contributed by atoms with E-state index in [4.69, 9.17) is 4.74 Å². The Morgan fingerprint density at radius 3 is 2.70 bits per heavy atom. The van der Waals surface area contributed by atoms with Crippen LogP contribution in [0.5, 0.6) is 5.75 Å². The second-order valence-electron chi connectivity index (χ2n) is 5.18. The van der Waals surface area contributed by atoms with E-state index in [2.05, 4.69) is 5.32 Å². The number of carbonyl (C=O) groups is 1. The number of hydrogen-bond acceptors (Lipinski definition) is 2. The van der Waals surface area contributed by atoms with Crippen LogP contribution in [0, 0.1) is 12.8 Å². The molecule has 0 spiro atoms. The van der Waals surface area contributed by atoms with E-state index in [1.807, 2.05) is 55.5 Å². The zero-order chi connectivity index (χ0) is 13.9. The Kier molecular flexibility index (Phi) is 3.42. The Morgan fingerprint density at radius 2 is 1.90 bits per heavy atom. The number of para-hydroxylation sites is 1. The molecule has 3 heteroatoms. The summed E-state index contributed by atoms with van der Waals surface area (Å²) in [7, 11) is 0. The summed E-state index contributed by atoms with van der Waals surface area (Å²) in [5.74, 6) is 0.779. The number of fused-ring (bicyclic) bond motifs is 1. The smallest absolute Gasteiger partial charge is 0.231 e. The molecular formula is C17H17NO2. The summed E-state index contributed by atoms with van der Waals surface area (Å²) >= 11 is 0. The molecule has 0 saturated heterocycles. The van der Waals surface area contributed by atoms with Gasteiger partial charge in [-0.25, -0.2) is 0 Å². The number of carbonyl (C=O) groups excluding carboxylic acids is 1. The molecule has 2 aromatic carbocycles. The number of aryl methyl sites for hydroxylation is 1. The van der Waals surface area contributed by atoms with Crippen molar-refractivity contribution in [2.24, 2.45) is 5.92 Å². The van der Waals surface area contributed by atoms with Crippen LogP contribution in [0.3, 0.4) is 0 Å². The molecule has 20 heavy (non-hydrogen) atoms. The van der Waals surface area contributed by atoms with Crippen molar-refractivity contribution in [3.63, 3.8) is 0 Å². The predicted molar refractivity (Wildman–Crippen MR) is 78.9 cm³/mol. The van der Waals surface area contributed by atoms with Crippen molar-refractivity contribution in [1.29, 1.82) is 0 Å². The van der Waals surface area contributed by atoms with E-state index in [-0.39, 0.29) is 11.8 Å². The van der Waals surface area contributed by atoms with Gasteiger partial charge in [0.25, 0.3) is 0 Å². The molecule has 2 aromatic rings. The van der Waals surface area contributed by atoms with Crippen LogP contribution in [0.2, 0.25) is 0 Å². The maximum Gasteiger partial charge on any atom is 0.231 e. The number of benzene rings is 2. The molecule has 0 aliphatic carbocycles. The summed E-state index contributed by atoms with van der Waals surface area (Å²) in [5.41, 5.74) is 3.11. The SMILES string of the molecule is Cc1ccc(NC(=O)C2COc3ccccc3C2)cc1. The standard InChI is InChI=1S/C17H17NO2/c1-12-6-8-15(9-7-12)18-17(19)14-10-13-4-2-3-5-16(13)20-11-14/h2-9,14H,10-11H2,1H3,(H,18,19). The zero-order valence-electron chi connectivity index (χ0n) is 11.4. The van der Waals surface area contributed by atoms with Gasteiger partial charge in [0.15, 0.2) is 0 Å². The molecule has 1 heterocycles. The van der Waals surface area contributed by atoms with Crippen molar-refractivity contribution in [2.75, 3.05) is 11.9 Å². The Bertz CT molecular complexity index is 619. The molecule has 1 amide bonds. The molecule has 0 fully saturated rings. The normalized spacial score (nSPS) is 16.9. The highest BCUT2D eigenvalue weighted by Crippen LogP contribution is 2.27. The van der Waals surface area contributed by atoms with Gasteiger partial charge in [0.05, 0.1) is 5.92 Å². The first-order chi connectivity index (χ1) is 9.72. The Hall–Kier alpha value is -2.29. The predicted octanol–water partition coefficient (Wildman–Crippen LogP) is 3.18. The van der Waals surface area contributed by atoms with Gasteiger partial charge in [-0.3, -0.25) is 4.79 Å². The number of anilines is 1. The maximum atomic E-state index is 12.3. The summed E-state index contributed by atoms with van der Waals surface area (Å²) in [6, 6.07) is 15.7. The van der Waals surface area contributed by atoms with Gasteiger partial charge < -0.3 is 10.1 Å². The van der Waals surface area contributed by atoms with Crippen LogP contribution in [0.1, 0.15) is 11.1 Å². The fraction of sp³-hybridized carbons (Fsp3) is 0.235. The largest absolute Gasteiger partial charge is 0.492 e. The van der Waals surface area contributed by atoms with Gasteiger partial charge in [-0.15, -0.1) is 0 Å². The number of rotatable bonds is 2. The first-order valence-electron chi connectivity index (χ1n) is 6.80. The van der Waals surface area contributed by atoms with Crippen molar-refractivity contribution in [3.8, 4) is 5.75 Å². The third kappa shape index (κ3) is 2.67. The summed E-state index contributed by atoms with van der Waals surface area (Å²) in [6.45, 7) is 2.46. The second-order valence-corrected chi connectivity index (χ2v) is 5.18. The first-order valence-corrected chi connectivity index (χ1v) is 6.80. The van der Waals surface area contributed by atoms with Crippen LogP contribution < -0.4 is 10.1 Å². The molecule has 1 atom stereocenters. The number of amides is 1. The Balaban J connectivity index is 1.68. The van der Waals surface area contributed by atoms with Crippen molar-refractivity contribution in [2.45, 2.75) is 13.3 Å². The molecule has 1 unspecified atom stereocenters. The van der Waals surface area contributed by atoms with Gasteiger partial charge >= 0.3 is 0 Å². The van der Waals surface area contributed by atoms with E-state index >= 15 is 0 Å². The Labute approximate surface area is 118 Å². The number of hydrogen-bond donors (Lipinski definition) is 1. The average molecular weight is 267 g/mol. The summed E-state index contributed by atoms with van der Waals surface area (Å²) in [4.78, 5) is 12.3.